The van der Waals surface area contributed by atoms with Gasteiger partial charge < -0.3 is 19.8 Å². The molecule has 0 aromatic heterocycles. The van der Waals surface area contributed by atoms with Crippen LogP contribution in [0.15, 0.2) is 55.6 Å². The van der Waals surface area contributed by atoms with E-state index >= 15 is 0 Å². The Bertz CT molecular complexity index is 1110. The number of carbonyl (C=O) groups is 3. The molecule has 3 amide bonds. The fraction of sp³-hybridized carbons (Fsp3) is 0.606. The number of thioether (sulfide) groups is 1. The summed E-state index contributed by atoms with van der Waals surface area (Å²) in [5.41, 5.74) is 0.992. The zero-order chi connectivity index (χ0) is 29.7. The van der Waals surface area contributed by atoms with E-state index < -0.39 is 28.7 Å². The van der Waals surface area contributed by atoms with Crippen molar-refractivity contribution < 1.29 is 19.5 Å². The van der Waals surface area contributed by atoms with Gasteiger partial charge in [0.05, 0.1) is 29.2 Å². The molecule has 4 rings (SSSR count). The number of aliphatic hydroxyl groups is 1. The number of rotatable bonds is 15. The summed E-state index contributed by atoms with van der Waals surface area (Å²) in [7, 11) is 0. The Kier molecular flexibility index (Phi) is 10.4. The van der Waals surface area contributed by atoms with Crippen LogP contribution < -0.4 is 0 Å². The monoisotopic (exact) mass is 581 g/mol. The molecule has 7 nitrogen and oxygen atoms in total. The third-order valence-electron chi connectivity index (χ3n) is 9.22. The van der Waals surface area contributed by atoms with E-state index in [9.17, 15) is 19.5 Å². The van der Waals surface area contributed by atoms with Crippen LogP contribution in [0.25, 0.3) is 0 Å². The molecule has 0 saturated carbocycles. The van der Waals surface area contributed by atoms with E-state index in [4.69, 9.17) is 0 Å². The van der Waals surface area contributed by atoms with Crippen LogP contribution >= 0.6 is 11.8 Å². The molecule has 1 aromatic carbocycles. The van der Waals surface area contributed by atoms with Crippen LogP contribution in [0.2, 0.25) is 0 Å². The highest BCUT2D eigenvalue weighted by molar-refractivity contribution is 8.02. The number of benzene rings is 1. The van der Waals surface area contributed by atoms with Crippen molar-refractivity contribution in [3.05, 3.63) is 61.2 Å². The van der Waals surface area contributed by atoms with Crippen molar-refractivity contribution in [2.24, 2.45) is 17.8 Å². The summed E-state index contributed by atoms with van der Waals surface area (Å²) in [6, 6.07) is 8.47. The van der Waals surface area contributed by atoms with Gasteiger partial charge in [0.1, 0.15) is 6.04 Å². The Hall–Kier alpha value is -2.58. The van der Waals surface area contributed by atoms with E-state index in [-0.39, 0.29) is 35.5 Å². The van der Waals surface area contributed by atoms with Crippen LogP contribution in [0.4, 0.5) is 0 Å². The van der Waals surface area contributed by atoms with E-state index in [0.717, 1.165) is 31.2 Å². The van der Waals surface area contributed by atoms with Crippen molar-refractivity contribution in [1.29, 1.82) is 0 Å². The fourth-order valence-electron chi connectivity index (χ4n) is 7.45. The fourth-order valence-corrected chi connectivity index (χ4v) is 9.84. The van der Waals surface area contributed by atoms with E-state index in [1.807, 2.05) is 47.1 Å². The van der Waals surface area contributed by atoms with Gasteiger partial charge in [0, 0.05) is 31.4 Å². The lowest BCUT2D eigenvalue weighted by Gasteiger charge is -2.42. The third-order valence-corrected chi connectivity index (χ3v) is 11.3. The molecular weight excluding hydrogens is 534 g/mol. The van der Waals surface area contributed by atoms with Gasteiger partial charge in [0.25, 0.3) is 0 Å². The van der Waals surface area contributed by atoms with Crippen molar-refractivity contribution >= 4 is 29.5 Å². The zero-order valence-corrected chi connectivity index (χ0v) is 25.7. The number of carbonyl (C=O) groups excluding carboxylic acids is 3. The van der Waals surface area contributed by atoms with Gasteiger partial charge in [-0.25, -0.2) is 0 Å². The summed E-state index contributed by atoms with van der Waals surface area (Å²) in [5, 5.41) is 10.7. The number of amides is 3. The lowest BCUT2D eigenvalue weighted by atomic mass is 9.65. The zero-order valence-electron chi connectivity index (χ0n) is 24.9. The van der Waals surface area contributed by atoms with Gasteiger partial charge in [-0.2, -0.15) is 0 Å². The minimum atomic E-state index is -0.750. The Morgan fingerprint density at radius 1 is 1.10 bits per heavy atom. The van der Waals surface area contributed by atoms with Crippen molar-refractivity contribution in [3.8, 4) is 0 Å². The summed E-state index contributed by atoms with van der Waals surface area (Å²) < 4.78 is -0.721. The minimum Gasteiger partial charge on any atom is -0.394 e. The van der Waals surface area contributed by atoms with E-state index in [1.165, 1.54) is 0 Å². The van der Waals surface area contributed by atoms with Crippen LogP contribution in [0.3, 0.4) is 0 Å². The summed E-state index contributed by atoms with van der Waals surface area (Å²) in [5.74, 6) is -1.29. The summed E-state index contributed by atoms with van der Waals surface area (Å²) >= 11 is 1.69. The van der Waals surface area contributed by atoms with E-state index in [1.54, 1.807) is 28.8 Å². The molecule has 3 aliphatic rings. The molecule has 3 unspecified atom stereocenters. The van der Waals surface area contributed by atoms with Crippen LogP contribution in [-0.2, 0) is 20.8 Å². The number of likely N-dealkylation sites (tertiary alicyclic amines) is 1. The summed E-state index contributed by atoms with van der Waals surface area (Å²) in [6.45, 7) is 15.8. The second-order valence-corrected chi connectivity index (χ2v) is 13.4. The van der Waals surface area contributed by atoms with Crippen molar-refractivity contribution in [2.45, 2.75) is 75.0 Å². The quantitative estimate of drug-likeness (QED) is 0.315. The summed E-state index contributed by atoms with van der Waals surface area (Å²) in [4.78, 5) is 48.8. The van der Waals surface area contributed by atoms with E-state index in [0.29, 0.717) is 32.6 Å². The molecule has 8 heteroatoms. The first-order valence-electron chi connectivity index (χ1n) is 15.2. The van der Waals surface area contributed by atoms with Crippen LogP contribution in [0, 0.1) is 17.8 Å². The maximum absolute atomic E-state index is 14.7. The molecular formula is C33H47N3O4S. The number of fused-ring (bicyclic) bond motifs is 1. The van der Waals surface area contributed by atoms with Crippen molar-refractivity contribution in [2.75, 3.05) is 32.8 Å². The predicted molar refractivity (Wildman–Crippen MR) is 165 cm³/mol. The maximum Gasteiger partial charge on any atom is 0.247 e. The molecule has 3 aliphatic heterocycles. The van der Waals surface area contributed by atoms with Gasteiger partial charge >= 0.3 is 0 Å². The second-order valence-electron chi connectivity index (χ2n) is 11.8. The Balaban J connectivity index is 1.81. The lowest BCUT2D eigenvalue weighted by Crippen LogP contribution is -2.59. The van der Waals surface area contributed by atoms with Gasteiger partial charge in [-0.05, 0) is 37.2 Å². The lowest BCUT2D eigenvalue weighted by molar-refractivity contribution is -0.147. The van der Waals surface area contributed by atoms with Crippen molar-refractivity contribution in [1.82, 2.24) is 14.7 Å². The molecule has 1 spiro atoms. The van der Waals surface area contributed by atoms with Gasteiger partial charge in [0.2, 0.25) is 17.7 Å². The standard InChI is InChI=1S/C33H47N3O4S/c1-6-10-19-35(18-9-4)32(40)29-33-23(5)20-26(41-33)27(30(38)34(16-7-2)17-8-3)28(33)31(39)36(29)25(22-37)21-24-14-12-11-13-15-24/h7,9,11-15,23,25-29,37H,2,4,6,8,10,16-22H2,1,3,5H3/t23?,25-,26+,27-,28+,29?,33?/m1/s1. The molecule has 3 saturated heterocycles. The van der Waals surface area contributed by atoms with Gasteiger partial charge in [-0.1, -0.05) is 69.7 Å². The molecule has 1 aromatic rings. The SMILES string of the molecule is C=CCN(CCCC)C(=O)C1N([C@@H](CO)Cc2ccccc2)C(=O)[C@@H]2[C@H](C(=O)N(CC=C)CCC)[C@@H]3CC(C)C12S3. The van der Waals surface area contributed by atoms with Gasteiger partial charge in [-0.3, -0.25) is 14.4 Å². The maximum atomic E-state index is 14.7. The Morgan fingerprint density at radius 3 is 2.34 bits per heavy atom. The number of unbranched alkanes of at least 4 members (excludes halogenated alkanes) is 1. The predicted octanol–water partition coefficient (Wildman–Crippen LogP) is 4.17. The average Bonchev–Trinajstić information content (AvgIpc) is 3.57. The number of hydrogen-bond acceptors (Lipinski definition) is 5. The highest BCUT2D eigenvalue weighted by atomic mass is 32.2. The normalized spacial score (nSPS) is 28.8. The molecule has 7 atom stereocenters. The molecule has 1 N–H and O–H groups in total. The van der Waals surface area contributed by atoms with Crippen LogP contribution in [0.5, 0.6) is 0 Å². The molecule has 0 aliphatic carbocycles. The van der Waals surface area contributed by atoms with E-state index in [2.05, 4.69) is 27.0 Å². The molecule has 3 fully saturated rings. The average molecular weight is 582 g/mol. The molecule has 41 heavy (non-hydrogen) atoms. The third kappa shape index (κ3) is 5.62. The first kappa shape index (κ1) is 31.4. The summed E-state index contributed by atoms with van der Waals surface area (Å²) in [6.07, 6.45) is 7.31. The first-order chi connectivity index (χ1) is 19.8. The molecule has 3 heterocycles. The molecule has 0 radical (unpaired) electrons. The number of hydrogen-bond donors (Lipinski definition) is 1. The molecule has 224 valence electrons. The van der Waals surface area contributed by atoms with Crippen molar-refractivity contribution in [3.63, 3.8) is 0 Å². The Labute approximate surface area is 250 Å². The highest BCUT2D eigenvalue weighted by Crippen LogP contribution is 2.69. The molecule has 2 bridgehead atoms. The topological polar surface area (TPSA) is 81.2 Å². The second kappa shape index (κ2) is 13.6. The highest BCUT2D eigenvalue weighted by Gasteiger charge is 2.77. The smallest absolute Gasteiger partial charge is 0.247 e. The number of aliphatic hydroxyl groups excluding tert-OH is 1. The van der Waals surface area contributed by atoms with Gasteiger partial charge in [0.15, 0.2) is 0 Å². The van der Waals surface area contributed by atoms with Crippen LogP contribution in [-0.4, -0.2) is 92.4 Å². The Morgan fingerprint density at radius 2 is 1.76 bits per heavy atom. The van der Waals surface area contributed by atoms with Gasteiger partial charge in [-0.15, -0.1) is 24.9 Å². The number of nitrogens with zero attached hydrogens (tertiary/aromatic N) is 3. The van der Waals surface area contributed by atoms with Crippen LogP contribution in [0.1, 0.15) is 52.0 Å². The minimum absolute atomic E-state index is 0.0121. The largest absolute Gasteiger partial charge is 0.394 e. The first-order valence-corrected chi connectivity index (χ1v) is 16.1.